The van der Waals surface area contributed by atoms with Crippen LogP contribution in [0.5, 0.6) is 0 Å². The van der Waals surface area contributed by atoms with Crippen LogP contribution in [0.1, 0.15) is 47.1 Å². The molecule has 0 bridgehead atoms. The van der Waals surface area contributed by atoms with Crippen LogP contribution < -0.4 is 0 Å². The molecule has 1 aromatic heterocycles. The molecule has 0 spiro atoms. The van der Waals surface area contributed by atoms with Crippen molar-refractivity contribution in [2.24, 2.45) is 5.92 Å². The smallest absolute Gasteiger partial charge is 0.309 e. The highest BCUT2D eigenvalue weighted by atomic mass is 32.2. The number of carbonyl (C=O) groups is 2. The molecule has 1 saturated carbocycles. The van der Waals surface area contributed by atoms with Gasteiger partial charge < -0.3 is 9.30 Å². The van der Waals surface area contributed by atoms with Crippen molar-refractivity contribution in [1.82, 2.24) is 4.57 Å². The number of rotatable bonds is 5. The number of esters is 1. The number of Topliss-reactive ketones (excluding diaryl/α,β-unsaturated/α-hetero) is 1. The van der Waals surface area contributed by atoms with Gasteiger partial charge in [-0.15, -0.1) is 0 Å². The summed E-state index contributed by atoms with van der Waals surface area (Å²) < 4.78 is 30.4. The van der Waals surface area contributed by atoms with E-state index in [-0.39, 0.29) is 41.8 Å². The number of ether oxygens (including phenoxy) is 1. The van der Waals surface area contributed by atoms with Crippen LogP contribution in [0.15, 0.2) is 6.07 Å². The minimum Gasteiger partial charge on any atom is -0.457 e. The predicted octanol–water partition coefficient (Wildman–Crippen LogP) is 1.60. The van der Waals surface area contributed by atoms with Crippen molar-refractivity contribution in [3.05, 3.63) is 23.0 Å². The summed E-state index contributed by atoms with van der Waals surface area (Å²) in [4.78, 5) is 23.8. The summed E-state index contributed by atoms with van der Waals surface area (Å²) in [6.45, 7) is 3.43. The molecule has 0 aromatic carbocycles. The van der Waals surface area contributed by atoms with Crippen molar-refractivity contribution in [3.8, 4) is 0 Å². The van der Waals surface area contributed by atoms with Gasteiger partial charge in [0.15, 0.2) is 16.4 Å². The molecule has 0 amide bonds. The number of sulfone groups is 1. The fraction of sp³-hybridized carbons (Fsp3) is 0.625. The van der Waals surface area contributed by atoms with Gasteiger partial charge in [-0.05, 0) is 39.2 Å². The van der Waals surface area contributed by atoms with Crippen LogP contribution in [0.25, 0.3) is 0 Å². The molecule has 2 fully saturated rings. The molecule has 2 heterocycles. The third-order valence-corrected chi connectivity index (χ3v) is 6.36. The molecule has 0 radical (unpaired) electrons. The molecular weight excluding hydrogens is 318 g/mol. The molecule has 2 aliphatic rings. The van der Waals surface area contributed by atoms with Gasteiger partial charge in [0.2, 0.25) is 5.78 Å². The maximum absolute atomic E-state index is 12.3. The van der Waals surface area contributed by atoms with Crippen molar-refractivity contribution >= 4 is 21.6 Å². The topological polar surface area (TPSA) is 82.4 Å². The van der Waals surface area contributed by atoms with Crippen LogP contribution in [0, 0.1) is 19.8 Å². The predicted molar refractivity (Wildman–Crippen MR) is 84.2 cm³/mol. The first-order chi connectivity index (χ1) is 10.8. The number of aryl methyl sites for hydroxylation is 1. The van der Waals surface area contributed by atoms with Crippen LogP contribution in [0.2, 0.25) is 0 Å². The van der Waals surface area contributed by atoms with Crippen molar-refractivity contribution < 1.29 is 22.7 Å². The third kappa shape index (κ3) is 3.34. The highest BCUT2D eigenvalue weighted by Gasteiger charge is 2.33. The molecule has 6 nitrogen and oxygen atoms in total. The summed E-state index contributed by atoms with van der Waals surface area (Å²) in [6.07, 6.45) is 2.26. The number of aromatic nitrogens is 1. The van der Waals surface area contributed by atoms with E-state index >= 15 is 0 Å². The van der Waals surface area contributed by atoms with Crippen molar-refractivity contribution in [2.75, 3.05) is 18.1 Å². The largest absolute Gasteiger partial charge is 0.457 e. The van der Waals surface area contributed by atoms with Gasteiger partial charge >= 0.3 is 5.97 Å². The highest BCUT2D eigenvalue weighted by Crippen LogP contribution is 2.31. The molecule has 7 heteroatoms. The Balaban J connectivity index is 1.74. The van der Waals surface area contributed by atoms with Gasteiger partial charge in [-0.1, -0.05) is 0 Å². The van der Waals surface area contributed by atoms with E-state index in [1.807, 2.05) is 18.4 Å². The van der Waals surface area contributed by atoms with E-state index < -0.39 is 9.84 Å². The average Bonchev–Trinajstić information content (AvgIpc) is 3.21. The second kappa shape index (κ2) is 5.78. The number of hydrogen-bond acceptors (Lipinski definition) is 5. The van der Waals surface area contributed by atoms with E-state index in [9.17, 15) is 18.0 Å². The Labute approximate surface area is 135 Å². The minimum absolute atomic E-state index is 0.0288. The molecule has 0 N–H and O–H groups in total. The Morgan fingerprint density at radius 3 is 2.52 bits per heavy atom. The Hall–Kier alpha value is -1.63. The van der Waals surface area contributed by atoms with Crippen LogP contribution in [-0.2, 0) is 19.4 Å². The average molecular weight is 339 g/mol. The lowest BCUT2D eigenvalue weighted by Gasteiger charge is -2.16. The van der Waals surface area contributed by atoms with E-state index in [0.29, 0.717) is 12.0 Å². The highest BCUT2D eigenvalue weighted by molar-refractivity contribution is 7.91. The van der Waals surface area contributed by atoms with Crippen molar-refractivity contribution in [2.45, 2.75) is 39.2 Å². The van der Waals surface area contributed by atoms with E-state index in [0.717, 1.165) is 24.2 Å². The van der Waals surface area contributed by atoms with Gasteiger partial charge in [0.25, 0.3) is 0 Å². The van der Waals surface area contributed by atoms with Crippen LogP contribution >= 0.6 is 0 Å². The van der Waals surface area contributed by atoms with Gasteiger partial charge in [-0.25, -0.2) is 8.42 Å². The van der Waals surface area contributed by atoms with E-state index in [4.69, 9.17) is 4.74 Å². The molecule has 1 saturated heterocycles. The second-order valence-corrected chi connectivity index (χ2v) is 8.75. The molecule has 1 aliphatic carbocycles. The second-order valence-electron chi connectivity index (χ2n) is 6.52. The van der Waals surface area contributed by atoms with E-state index in [2.05, 4.69) is 0 Å². The standard InChI is InChI=1S/C16H21NO5S/c1-10-7-14(15(18)8-22-16(19)12-3-4-12)11(2)17(10)13-5-6-23(20,21)9-13/h7,12-13H,3-6,8-9H2,1-2H3/t13-/m1/s1. The van der Waals surface area contributed by atoms with Crippen molar-refractivity contribution in [3.63, 3.8) is 0 Å². The maximum atomic E-state index is 12.3. The van der Waals surface area contributed by atoms with Gasteiger partial charge in [0.05, 0.1) is 17.4 Å². The lowest BCUT2D eigenvalue weighted by Crippen LogP contribution is -2.17. The SMILES string of the molecule is Cc1cc(C(=O)COC(=O)C2CC2)c(C)n1[C@@H]1CCS(=O)(=O)C1. The number of nitrogens with zero attached hydrogens (tertiary/aromatic N) is 1. The Morgan fingerprint density at radius 2 is 1.96 bits per heavy atom. The normalized spacial score (nSPS) is 23.0. The first-order valence-electron chi connectivity index (χ1n) is 7.87. The number of ketones is 1. The van der Waals surface area contributed by atoms with Crippen LogP contribution in [0.3, 0.4) is 0 Å². The number of hydrogen-bond donors (Lipinski definition) is 0. The summed E-state index contributed by atoms with van der Waals surface area (Å²) in [5, 5.41) is 0. The fourth-order valence-electron chi connectivity index (χ4n) is 3.25. The third-order valence-electron chi connectivity index (χ3n) is 4.61. The molecule has 1 aliphatic heterocycles. The quantitative estimate of drug-likeness (QED) is 0.601. The molecule has 0 unspecified atom stereocenters. The maximum Gasteiger partial charge on any atom is 0.309 e. The molecule has 1 atom stereocenters. The molecule has 23 heavy (non-hydrogen) atoms. The summed E-state index contributed by atoms with van der Waals surface area (Å²) >= 11 is 0. The van der Waals surface area contributed by atoms with Gasteiger partial charge in [-0.3, -0.25) is 9.59 Å². The lowest BCUT2D eigenvalue weighted by atomic mass is 10.1. The van der Waals surface area contributed by atoms with E-state index in [1.54, 1.807) is 6.07 Å². The van der Waals surface area contributed by atoms with Crippen LogP contribution in [-0.4, -0.2) is 42.9 Å². The first-order valence-corrected chi connectivity index (χ1v) is 9.69. The zero-order valence-corrected chi connectivity index (χ0v) is 14.2. The molecular formula is C16H21NO5S. The fourth-order valence-corrected chi connectivity index (χ4v) is 4.95. The summed E-state index contributed by atoms with van der Waals surface area (Å²) in [5.41, 5.74) is 2.12. The van der Waals surface area contributed by atoms with Gasteiger partial charge in [-0.2, -0.15) is 0 Å². The monoisotopic (exact) mass is 339 g/mol. The lowest BCUT2D eigenvalue weighted by molar-refractivity contribution is -0.144. The summed E-state index contributed by atoms with van der Waals surface area (Å²) in [6, 6.07) is 1.64. The van der Waals surface area contributed by atoms with E-state index in [1.165, 1.54) is 0 Å². The Morgan fingerprint density at radius 1 is 1.26 bits per heavy atom. The molecule has 3 rings (SSSR count). The number of carbonyl (C=O) groups excluding carboxylic acids is 2. The summed E-state index contributed by atoms with van der Waals surface area (Å²) in [7, 11) is -2.99. The van der Waals surface area contributed by atoms with Crippen LogP contribution in [0.4, 0.5) is 0 Å². The van der Waals surface area contributed by atoms with Gasteiger partial charge in [0, 0.05) is 23.0 Å². The summed E-state index contributed by atoms with van der Waals surface area (Å²) in [5.74, 6) is -0.253. The zero-order valence-electron chi connectivity index (χ0n) is 13.4. The Kier molecular flexibility index (Phi) is 4.08. The van der Waals surface area contributed by atoms with Crippen molar-refractivity contribution in [1.29, 1.82) is 0 Å². The zero-order chi connectivity index (χ0) is 16.8. The Bertz CT molecular complexity index is 758. The minimum atomic E-state index is -2.99. The van der Waals surface area contributed by atoms with Gasteiger partial charge in [0.1, 0.15) is 0 Å². The molecule has 126 valence electrons. The molecule has 1 aromatic rings. The first kappa shape index (κ1) is 16.2.